The lowest BCUT2D eigenvalue weighted by Crippen LogP contribution is -2.10. The molecular formula is C9H15N3OS. The number of nitrogens with one attached hydrogen (secondary N) is 1. The summed E-state index contributed by atoms with van der Waals surface area (Å²) in [6.07, 6.45) is 4.19. The predicted octanol–water partition coefficient (Wildman–Crippen LogP) is 1.08. The van der Waals surface area contributed by atoms with E-state index in [4.69, 9.17) is 4.52 Å². The van der Waals surface area contributed by atoms with Crippen LogP contribution in [0.3, 0.4) is 0 Å². The van der Waals surface area contributed by atoms with Crippen molar-refractivity contribution in [2.75, 3.05) is 19.3 Å². The van der Waals surface area contributed by atoms with Gasteiger partial charge in [-0.2, -0.15) is 16.7 Å². The van der Waals surface area contributed by atoms with Crippen molar-refractivity contribution in [2.45, 2.75) is 18.6 Å². The molecule has 14 heavy (non-hydrogen) atoms. The van der Waals surface area contributed by atoms with Crippen LogP contribution in [0, 0.1) is 5.92 Å². The molecule has 1 saturated heterocycles. The molecule has 1 fully saturated rings. The lowest BCUT2D eigenvalue weighted by atomic mass is 10.1. The van der Waals surface area contributed by atoms with Crippen LogP contribution in [0.15, 0.2) is 4.52 Å². The number of hydrogen-bond acceptors (Lipinski definition) is 5. The summed E-state index contributed by atoms with van der Waals surface area (Å²) in [5, 5.41) is 7.25. The van der Waals surface area contributed by atoms with Crippen molar-refractivity contribution in [3.63, 3.8) is 0 Å². The summed E-state index contributed by atoms with van der Waals surface area (Å²) in [5.74, 6) is 3.13. The lowest BCUT2D eigenvalue weighted by Gasteiger charge is -2.01. The second-order valence-corrected chi connectivity index (χ2v) is 4.47. The van der Waals surface area contributed by atoms with Gasteiger partial charge in [0.25, 0.3) is 0 Å². The Morgan fingerprint density at radius 2 is 2.57 bits per heavy atom. The average molecular weight is 213 g/mol. The second-order valence-electron chi connectivity index (χ2n) is 3.60. The van der Waals surface area contributed by atoms with Crippen molar-refractivity contribution in [3.05, 3.63) is 11.7 Å². The standard InChI is InChI=1S/C9H15N3OS/c1-14-6-8-11-9(13-12-8)4-7-2-3-10-5-7/h7,10H,2-6H2,1H3. The molecule has 78 valence electrons. The molecule has 0 radical (unpaired) electrons. The highest BCUT2D eigenvalue weighted by atomic mass is 32.2. The fourth-order valence-corrected chi connectivity index (χ4v) is 2.07. The molecule has 0 saturated carbocycles. The van der Waals surface area contributed by atoms with Crippen LogP contribution in [0.1, 0.15) is 18.1 Å². The molecule has 1 atom stereocenters. The normalized spacial score (nSPS) is 21.6. The van der Waals surface area contributed by atoms with Crippen LogP contribution in [-0.2, 0) is 12.2 Å². The number of hydrogen-bond donors (Lipinski definition) is 1. The minimum atomic E-state index is 0.678. The van der Waals surface area contributed by atoms with E-state index in [1.807, 2.05) is 6.26 Å². The van der Waals surface area contributed by atoms with Crippen LogP contribution >= 0.6 is 11.8 Å². The summed E-state index contributed by atoms with van der Waals surface area (Å²) < 4.78 is 5.18. The Hall–Kier alpha value is -0.550. The summed E-state index contributed by atoms with van der Waals surface area (Å²) in [6.45, 7) is 2.21. The first-order valence-corrected chi connectivity index (χ1v) is 6.29. The van der Waals surface area contributed by atoms with Gasteiger partial charge in [0.2, 0.25) is 5.89 Å². The van der Waals surface area contributed by atoms with Crippen molar-refractivity contribution >= 4 is 11.8 Å². The molecule has 1 aromatic rings. The van der Waals surface area contributed by atoms with Gasteiger partial charge in [0.15, 0.2) is 5.82 Å². The maximum atomic E-state index is 5.18. The Kier molecular flexibility index (Phi) is 3.42. The molecule has 1 aliphatic rings. The molecule has 4 nitrogen and oxygen atoms in total. The monoisotopic (exact) mass is 213 g/mol. The van der Waals surface area contributed by atoms with Crippen molar-refractivity contribution in [2.24, 2.45) is 5.92 Å². The molecule has 2 rings (SSSR count). The van der Waals surface area contributed by atoms with E-state index >= 15 is 0 Å². The van der Waals surface area contributed by atoms with Gasteiger partial charge in [-0.1, -0.05) is 5.16 Å². The topological polar surface area (TPSA) is 51.0 Å². The van der Waals surface area contributed by atoms with Crippen molar-refractivity contribution in [1.82, 2.24) is 15.5 Å². The van der Waals surface area contributed by atoms with Gasteiger partial charge in [-0.25, -0.2) is 0 Å². The summed E-state index contributed by atoms with van der Waals surface area (Å²) in [7, 11) is 0. The van der Waals surface area contributed by atoms with E-state index in [-0.39, 0.29) is 0 Å². The Bertz CT molecular complexity index is 283. The number of nitrogens with zero attached hydrogens (tertiary/aromatic N) is 2. The Labute approximate surface area is 87.8 Å². The van der Waals surface area contributed by atoms with Gasteiger partial charge in [0.05, 0.1) is 5.75 Å². The van der Waals surface area contributed by atoms with Crippen LogP contribution in [0.4, 0.5) is 0 Å². The third kappa shape index (κ3) is 2.48. The largest absolute Gasteiger partial charge is 0.339 e. The minimum absolute atomic E-state index is 0.678. The van der Waals surface area contributed by atoms with Gasteiger partial charge in [0, 0.05) is 6.42 Å². The van der Waals surface area contributed by atoms with E-state index in [0.717, 1.165) is 37.0 Å². The molecule has 0 amide bonds. The first-order chi connectivity index (χ1) is 6.88. The second kappa shape index (κ2) is 4.79. The molecule has 1 unspecified atom stereocenters. The Morgan fingerprint density at radius 3 is 3.29 bits per heavy atom. The Morgan fingerprint density at radius 1 is 1.64 bits per heavy atom. The molecule has 1 aliphatic heterocycles. The molecule has 5 heteroatoms. The summed E-state index contributed by atoms with van der Waals surface area (Å²) in [4.78, 5) is 4.34. The summed E-state index contributed by atoms with van der Waals surface area (Å²) in [6, 6.07) is 0. The van der Waals surface area contributed by atoms with Crippen LogP contribution in [0.25, 0.3) is 0 Å². The molecule has 0 aromatic carbocycles. The zero-order valence-electron chi connectivity index (χ0n) is 8.32. The predicted molar refractivity (Wildman–Crippen MR) is 56.2 cm³/mol. The van der Waals surface area contributed by atoms with E-state index in [0.29, 0.717) is 5.92 Å². The molecular weight excluding hydrogens is 198 g/mol. The van der Waals surface area contributed by atoms with Gasteiger partial charge >= 0.3 is 0 Å². The van der Waals surface area contributed by atoms with Crippen LogP contribution < -0.4 is 5.32 Å². The number of aromatic nitrogens is 2. The zero-order valence-corrected chi connectivity index (χ0v) is 9.14. The first-order valence-electron chi connectivity index (χ1n) is 4.89. The Balaban J connectivity index is 1.88. The molecule has 0 spiro atoms. The number of thioether (sulfide) groups is 1. The average Bonchev–Trinajstić information content (AvgIpc) is 2.79. The van der Waals surface area contributed by atoms with Gasteiger partial charge in [-0.05, 0) is 31.7 Å². The van der Waals surface area contributed by atoms with E-state index in [2.05, 4.69) is 15.5 Å². The van der Waals surface area contributed by atoms with Crippen molar-refractivity contribution in [1.29, 1.82) is 0 Å². The SMILES string of the molecule is CSCc1noc(CC2CCNC2)n1. The maximum absolute atomic E-state index is 5.18. The van der Waals surface area contributed by atoms with Gasteiger partial charge in [-0.3, -0.25) is 0 Å². The quantitative estimate of drug-likeness (QED) is 0.811. The molecule has 2 heterocycles. The molecule has 1 N–H and O–H groups in total. The first kappa shape index (κ1) is 9.98. The maximum Gasteiger partial charge on any atom is 0.226 e. The molecule has 1 aromatic heterocycles. The highest BCUT2D eigenvalue weighted by molar-refractivity contribution is 7.97. The van der Waals surface area contributed by atoms with Crippen LogP contribution in [0.2, 0.25) is 0 Å². The molecule has 0 aliphatic carbocycles. The van der Waals surface area contributed by atoms with Gasteiger partial charge in [0.1, 0.15) is 0 Å². The highest BCUT2D eigenvalue weighted by Gasteiger charge is 2.18. The third-order valence-electron chi connectivity index (χ3n) is 2.41. The highest BCUT2D eigenvalue weighted by Crippen LogP contribution is 2.14. The van der Waals surface area contributed by atoms with E-state index in [1.54, 1.807) is 11.8 Å². The smallest absolute Gasteiger partial charge is 0.226 e. The van der Waals surface area contributed by atoms with Gasteiger partial charge in [-0.15, -0.1) is 0 Å². The van der Waals surface area contributed by atoms with Crippen LogP contribution in [-0.4, -0.2) is 29.5 Å². The molecule has 0 bridgehead atoms. The summed E-state index contributed by atoms with van der Waals surface area (Å²) >= 11 is 1.71. The zero-order chi connectivity index (χ0) is 9.80. The van der Waals surface area contributed by atoms with Gasteiger partial charge < -0.3 is 9.84 Å². The number of rotatable bonds is 4. The van der Waals surface area contributed by atoms with E-state index < -0.39 is 0 Å². The van der Waals surface area contributed by atoms with E-state index in [9.17, 15) is 0 Å². The lowest BCUT2D eigenvalue weighted by molar-refractivity contribution is 0.354. The van der Waals surface area contributed by atoms with Crippen molar-refractivity contribution in [3.8, 4) is 0 Å². The third-order valence-corrected chi connectivity index (χ3v) is 2.96. The summed E-state index contributed by atoms with van der Waals surface area (Å²) in [5.41, 5.74) is 0. The van der Waals surface area contributed by atoms with E-state index in [1.165, 1.54) is 6.42 Å². The fourth-order valence-electron chi connectivity index (χ4n) is 1.70. The van der Waals surface area contributed by atoms with Crippen molar-refractivity contribution < 1.29 is 4.52 Å². The minimum Gasteiger partial charge on any atom is -0.339 e. The fraction of sp³-hybridized carbons (Fsp3) is 0.778. The van der Waals surface area contributed by atoms with Crippen LogP contribution in [0.5, 0.6) is 0 Å².